The molecule has 0 bridgehead atoms. The van der Waals surface area contributed by atoms with Crippen LogP contribution in [0.15, 0.2) is 18.2 Å². The van der Waals surface area contributed by atoms with Crippen LogP contribution in [0.3, 0.4) is 0 Å². The van der Waals surface area contributed by atoms with Crippen molar-refractivity contribution in [3.8, 4) is 17.6 Å². The number of alkyl halides is 3. The Hall–Kier alpha value is -1.94. The number of nitrogens with zero attached hydrogens (tertiary/aromatic N) is 1. The van der Waals surface area contributed by atoms with Crippen molar-refractivity contribution < 1.29 is 23.0 Å². The highest BCUT2D eigenvalue weighted by Crippen LogP contribution is 2.29. The summed E-state index contributed by atoms with van der Waals surface area (Å²) in [7, 11) is 1.35. The van der Waals surface area contributed by atoms with Crippen LogP contribution in [0.2, 0.25) is 0 Å². The SMILES string of the molecule is COc1ccc(C(C#N)NCC(F)(F)F)cc1O. The number of ether oxygens (including phenoxy) is 1. The van der Waals surface area contributed by atoms with E-state index in [2.05, 4.69) is 5.32 Å². The molecule has 0 aromatic heterocycles. The van der Waals surface area contributed by atoms with Gasteiger partial charge in [0.05, 0.1) is 19.7 Å². The number of halogens is 3. The van der Waals surface area contributed by atoms with Crippen molar-refractivity contribution in [1.29, 1.82) is 5.26 Å². The predicted octanol–water partition coefficient (Wildman–Crippen LogP) is 2.12. The van der Waals surface area contributed by atoms with E-state index in [9.17, 15) is 18.3 Å². The van der Waals surface area contributed by atoms with Crippen LogP contribution in [-0.2, 0) is 0 Å². The average molecular weight is 260 g/mol. The highest BCUT2D eigenvalue weighted by Gasteiger charge is 2.28. The lowest BCUT2D eigenvalue weighted by Crippen LogP contribution is -2.31. The zero-order valence-corrected chi connectivity index (χ0v) is 9.45. The smallest absolute Gasteiger partial charge is 0.401 e. The molecule has 0 aliphatic rings. The minimum Gasteiger partial charge on any atom is -0.504 e. The van der Waals surface area contributed by atoms with Gasteiger partial charge in [0, 0.05) is 0 Å². The van der Waals surface area contributed by atoms with Gasteiger partial charge in [0.15, 0.2) is 11.5 Å². The Kier molecular flexibility index (Phi) is 4.39. The first kappa shape index (κ1) is 14.1. The highest BCUT2D eigenvalue weighted by atomic mass is 19.4. The first-order chi connectivity index (χ1) is 8.37. The Bertz CT molecular complexity index is 455. The number of methoxy groups -OCH3 is 1. The Balaban J connectivity index is 2.83. The monoisotopic (exact) mass is 260 g/mol. The standard InChI is InChI=1S/C11H11F3N2O2/c1-18-10-3-2-7(4-9(10)17)8(5-15)16-6-11(12,13)14/h2-4,8,16-17H,6H2,1H3. The minimum atomic E-state index is -4.40. The van der Waals surface area contributed by atoms with E-state index in [1.54, 1.807) is 6.07 Å². The van der Waals surface area contributed by atoms with Crippen LogP contribution in [0.25, 0.3) is 0 Å². The van der Waals surface area contributed by atoms with Crippen molar-refractivity contribution >= 4 is 0 Å². The Morgan fingerprint density at radius 1 is 1.50 bits per heavy atom. The summed E-state index contributed by atoms with van der Waals surface area (Å²) in [6.45, 7) is -1.28. The first-order valence-corrected chi connectivity index (χ1v) is 4.94. The Morgan fingerprint density at radius 2 is 2.17 bits per heavy atom. The highest BCUT2D eigenvalue weighted by molar-refractivity contribution is 5.43. The van der Waals surface area contributed by atoms with Crippen LogP contribution >= 0.6 is 0 Å². The summed E-state index contributed by atoms with van der Waals surface area (Å²) in [6.07, 6.45) is -4.40. The fourth-order valence-electron chi connectivity index (χ4n) is 1.34. The maximum absolute atomic E-state index is 12.0. The summed E-state index contributed by atoms with van der Waals surface area (Å²) < 4.78 is 40.9. The number of phenols is 1. The van der Waals surface area contributed by atoms with E-state index >= 15 is 0 Å². The molecular formula is C11H11F3N2O2. The van der Waals surface area contributed by atoms with E-state index in [1.165, 1.54) is 25.3 Å². The maximum Gasteiger partial charge on any atom is 0.401 e. The van der Waals surface area contributed by atoms with Gasteiger partial charge in [-0.25, -0.2) is 0 Å². The third-order valence-corrected chi connectivity index (χ3v) is 2.17. The zero-order chi connectivity index (χ0) is 13.8. The van der Waals surface area contributed by atoms with Gasteiger partial charge in [0.1, 0.15) is 6.04 Å². The molecule has 0 fully saturated rings. The zero-order valence-electron chi connectivity index (χ0n) is 9.45. The number of nitrogens with one attached hydrogen (secondary N) is 1. The Labute approximate surface area is 102 Å². The molecule has 0 radical (unpaired) electrons. The van der Waals surface area contributed by atoms with Crippen molar-refractivity contribution in [2.45, 2.75) is 12.2 Å². The van der Waals surface area contributed by atoms with E-state index < -0.39 is 18.8 Å². The van der Waals surface area contributed by atoms with Crippen molar-refractivity contribution in [3.63, 3.8) is 0 Å². The molecule has 1 aromatic carbocycles. The van der Waals surface area contributed by atoms with E-state index in [4.69, 9.17) is 10.00 Å². The van der Waals surface area contributed by atoms with Gasteiger partial charge in [0.2, 0.25) is 0 Å². The molecule has 4 nitrogen and oxygen atoms in total. The molecule has 0 saturated heterocycles. The second-order valence-electron chi connectivity index (χ2n) is 3.49. The number of hydrogen-bond acceptors (Lipinski definition) is 4. The summed E-state index contributed by atoms with van der Waals surface area (Å²) in [6, 6.07) is 4.53. The second-order valence-corrected chi connectivity index (χ2v) is 3.49. The molecule has 1 unspecified atom stereocenters. The molecular weight excluding hydrogens is 249 g/mol. The van der Waals surface area contributed by atoms with E-state index in [0.29, 0.717) is 0 Å². The van der Waals surface area contributed by atoms with Crippen LogP contribution in [0.1, 0.15) is 11.6 Å². The molecule has 1 atom stereocenters. The van der Waals surface area contributed by atoms with Crippen molar-refractivity contribution in [2.24, 2.45) is 0 Å². The molecule has 0 amide bonds. The molecule has 0 heterocycles. The molecule has 0 saturated carbocycles. The van der Waals surface area contributed by atoms with Gasteiger partial charge in [-0.1, -0.05) is 6.07 Å². The fraction of sp³-hybridized carbons (Fsp3) is 0.364. The van der Waals surface area contributed by atoms with Gasteiger partial charge in [-0.2, -0.15) is 18.4 Å². The predicted molar refractivity (Wildman–Crippen MR) is 57.1 cm³/mol. The topological polar surface area (TPSA) is 65.3 Å². The van der Waals surface area contributed by atoms with E-state index in [-0.39, 0.29) is 17.1 Å². The lowest BCUT2D eigenvalue weighted by atomic mass is 10.1. The largest absolute Gasteiger partial charge is 0.504 e. The molecule has 1 aromatic rings. The normalized spacial score (nSPS) is 12.8. The van der Waals surface area contributed by atoms with E-state index in [1.807, 2.05) is 0 Å². The summed E-state index contributed by atoms with van der Waals surface area (Å²) >= 11 is 0. The third-order valence-electron chi connectivity index (χ3n) is 2.17. The van der Waals surface area contributed by atoms with Crippen molar-refractivity contribution in [3.05, 3.63) is 23.8 Å². The molecule has 0 aliphatic heterocycles. The summed E-state index contributed by atoms with van der Waals surface area (Å²) in [4.78, 5) is 0. The first-order valence-electron chi connectivity index (χ1n) is 4.94. The van der Waals surface area contributed by atoms with Gasteiger partial charge < -0.3 is 9.84 Å². The Morgan fingerprint density at radius 3 is 2.61 bits per heavy atom. The van der Waals surface area contributed by atoms with Crippen molar-refractivity contribution in [2.75, 3.05) is 13.7 Å². The van der Waals surface area contributed by atoms with E-state index in [0.717, 1.165) is 0 Å². The number of rotatable bonds is 4. The van der Waals surface area contributed by atoms with Crippen LogP contribution < -0.4 is 10.1 Å². The average Bonchev–Trinajstić information content (AvgIpc) is 2.28. The molecule has 1 rings (SSSR count). The maximum atomic E-state index is 12.0. The lowest BCUT2D eigenvalue weighted by Gasteiger charge is -2.14. The number of nitriles is 1. The number of benzene rings is 1. The van der Waals surface area contributed by atoms with Crippen LogP contribution in [0.5, 0.6) is 11.5 Å². The molecule has 2 N–H and O–H groups in total. The fourth-order valence-corrected chi connectivity index (χ4v) is 1.34. The quantitative estimate of drug-likeness (QED) is 0.870. The lowest BCUT2D eigenvalue weighted by molar-refractivity contribution is -0.125. The third kappa shape index (κ3) is 3.82. The minimum absolute atomic E-state index is 0.186. The second kappa shape index (κ2) is 5.60. The van der Waals surface area contributed by atoms with Crippen LogP contribution in [-0.4, -0.2) is 24.9 Å². The summed E-state index contributed by atoms with van der Waals surface area (Å²) in [5, 5.41) is 20.3. The molecule has 7 heteroatoms. The van der Waals surface area contributed by atoms with Crippen LogP contribution in [0, 0.1) is 11.3 Å². The molecule has 98 valence electrons. The number of aromatic hydroxyl groups is 1. The van der Waals surface area contributed by atoms with Gasteiger partial charge in [-0.15, -0.1) is 0 Å². The summed E-state index contributed by atoms with van der Waals surface area (Å²) in [5.41, 5.74) is 0.236. The number of hydrogen-bond donors (Lipinski definition) is 2. The van der Waals surface area contributed by atoms with Gasteiger partial charge in [-0.05, 0) is 17.7 Å². The van der Waals surface area contributed by atoms with Gasteiger partial charge in [0.25, 0.3) is 0 Å². The number of phenolic OH excluding ortho intramolecular Hbond substituents is 1. The van der Waals surface area contributed by atoms with Gasteiger partial charge in [-0.3, -0.25) is 5.32 Å². The molecule has 0 aliphatic carbocycles. The van der Waals surface area contributed by atoms with Crippen LogP contribution in [0.4, 0.5) is 13.2 Å². The van der Waals surface area contributed by atoms with Gasteiger partial charge >= 0.3 is 6.18 Å². The summed E-state index contributed by atoms with van der Waals surface area (Å²) in [5.74, 6) is -0.0460. The molecule has 0 spiro atoms. The molecule has 18 heavy (non-hydrogen) atoms. The van der Waals surface area contributed by atoms with Crippen molar-refractivity contribution in [1.82, 2.24) is 5.32 Å².